The first-order valence-electron chi connectivity index (χ1n) is 6.68. The second-order valence-electron chi connectivity index (χ2n) is 4.47. The van der Waals surface area contributed by atoms with Crippen molar-refractivity contribution in [3.63, 3.8) is 0 Å². The molecule has 0 aliphatic rings. The molecule has 7 heteroatoms. The molecule has 0 fully saturated rings. The molecule has 0 bridgehead atoms. The van der Waals surface area contributed by atoms with Crippen LogP contribution in [-0.4, -0.2) is 33.0 Å². The minimum atomic E-state index is -0.384. The van der Waals surface area contributed by atoms with Gasteiger partial charge in [0.05, 0.1) is 4.92 Å². The van der Waals surface area contributed by atoms with Crippen LogP contribution in [-0.2, 0) is 6.54 Å². The van der Waals surface area contributed by atoms with Crippen LogP contribution < -0.4 is 5.32 Å². The van der Waals surface area contributed by atoms with Crippen LogP contribution in [0.5, 0.6) is 0 Å². The molecule has 0 atom stereocenters. The predicted octanol–water partition coefficient (Wildman–Crippen LogP) is 2.08. The third-order valence-electron chi connectivity index (χ3n) is 2.84. The Morgan fingerprint density at radius 3 is 2.74 bits per heavy atom. The highest BCUT2D eigenvalue weighted by Gasteiger charge is 2.24. The Kier molecular flexibility index (Phi) is 6.27. The molecular weight excluding hydrogens is 248 g/mol. The number of unbranched alkanes of at least 4 members (excludes halogenated alkanes) is 2. The average molecular weight is 270 g/mol. The van der Waals surface area contributed by atoms with Crippen LogP contribution in [0, 0.1) is 17.0 Å². The number of rotatable bonds is 9. The van der Waals surface area contributed by atoms with Gasteiger partial charge < -0.3 is 10.4 Å². The summed E-state index contributed by atoms with van der Waals surface area (Å²) in [4.78, 5) is 10.7. The maximum Gasteiger partial charge on any atom is 0.333 e. The summed E-state index contributed by atoms with van der Waals surface area (Å²) >= 11 is 0. The van der Waals surface area contributed by atoms with Crippen molar-refractivity contribution in [2.24, 2.45) is 0 Å². The number of hydrogen-bond donors (Lipinski definition) is 2. The van der Waals surface area contributed by atoms with Gasteiger partial charge in [-0.15, -0.1) is 0 Å². The Morgan fingerprint density at radius 1 is 1.42 bits per heavy atom. The Bertz CT molecular complexity index is 417. The van der Waals surface area contributed by atoms with E-state index in [1.54, 1.807) is 11.6 Å². The number of aromatic nitrogens is 2. The predicted molar refractivity (Wildman–Crippen MR) is 73.3 cm³/mol. The van der Waals surface area contributed by atoms with E-state index < -0.39 is 0 Å². The molecule has 1 aromatic rings. The van der Waals surface area contributed by atoms with Gasteiger partial charge in [-0.2, -0.15) is 5.10 Å². The monoisotopic (exact) mass is 270 g/mol. The lowest BCUT2D eigenvalue weighted by Crippen LogP contribution is -2.10. The molecule has 0 aromatic carbocycles. The summed E-state index contributed by atoms with van der Waals surface area (Å²) in [6.07, 6.45) is 3.40. The Morgan fingerprint density at radius 2 is 2.16 bits per heavy atom. The van der Waals surface area contributed by atoms with Gasteiger partial charge in [0.1, 0.15) is 5.69 Å². The molecule has 0 saturated heterocycles. The molecule has 0 aliphatic heterocycles. The van der Waals surface area contributed by atoms with Crippen molar-refractivity contribution >= 4 is 11.5 Å². The highest BCUT2D eigenvalue weighted by Crippen LogP contribution is 2.28. The van der Waals surface area contributed by atoms with E-state index in [9.17, 15) is 10.1 Å². The fourth-order valence-electron chi connectivity index (χ4n) is 1.96. The summed E-state index contributed by atoms with van der Waals surface area (Å²) in [7, 11) is 0. The van der Waals surface area contributed by atoms with Crippen molar-refractivity contribution in [2.45, 2.75) is 46.1 Å². The van der Waals surface area contributed by atoms with E-state index in [4.69, 9.17) is 5.11 Å². The number of nitrogens with zero attached hydrogens (tertiary/aromatic N) is 3. The molecule has 1 aromatic heterocycles. The van der Waals surface area contributed by atoms with Crippen LogP contribution in [0.4, 0.5) is 11.5 Å². The summed E-state index contributed by atoms with van der Waals surface area (Å²) in [6.45, 7) is 5.16. The molecule has 108 valence electrons. The van der Waals surface area contributed by atoms with Gasteiger partial charge in [-0.05, 0) is 32.6 Å². The Labute approximate surface area is 112 Å². The van der Waals surface area contributed by atoms with E-state index in [0.717, 1.165) is 25.7 Å². The third-order valence-corrected chi connectivity index (χ3v) is 2.84. The van der Waals surface area contributed by atoms with E-state index in [2.05, 4.69) is 10.4 Å². The Balaban J connectivity index is 2.74. The molecule has 7 nitrogen and oxygen atoms in total. The van der Waals surface area contributed by atoms with Gasteiger partial charge in [-0.25, -0.2) is 4.68 Å². The van der Waals surface area contributed by atoms with Crippen molar-refractivity contribution in [1.29, 1.82) is 0 Å². The SMILES string of the molecule is CCCn1nc(C)c([N+](=O)[O-])c1NCCCCCO. The van der Waals surface area contributed by atoms with Crippen LogP contribution >= 0.6 is 0 Å². The first-order chi connectivity index (χ1) is 9.11. The average Bonchev–Trinajstić information content (AvgIpc) is 2.66. The molecule has 0 saturated carbocycles. The van der Waals surface area contributed by atoms with E-state index >= 15 is 0 Å². The quantitative estimate of drug-likeness (QED) is 0.407. The second kappa shape index (κ2) is 7.73. The molecule has 0 radical (unpaired) electrons. The molecule has 1 rings (SSSR count). The van der Waals surface area contributed by atoms with Gasteiger partial charge in [-0.1, -0.05) is 6.92 Å². The van der Waals surface area contributed by atoms with E-state index in [0.29, 0.717) is 24.6 Å². The zero-order valence-electron chi connectivity index (χ0n) is 11.6. The lowest BCUT2D eigenvalue weighted by Gasteiger charge is -2.08. The first-order valence-corrected chi connectivity index (χ1v) is 6.68. The summed E-state index contributed by atoms with van der Waals surface area (Å²) in [5.41, 5.74) is 0.506. The number of hydrogen-bond acceptors (Lipinski definition) is 5. The van der Waals surface area contributed by atoms with Crippen molar-refractivity contribution in [2.75, 3.05) is 18.5 Å². The minimum absolute atomic E-state index is 0.0654. The van der Waals surface area contributed by atoms with Crippen LogP contribution in [0.1, 0.15) is 38.3 Å². The van der Waals surface area contributed by atoms with Gasteiger partial charge in [0.2, 0.25) is 5.82 Å². The fraction of sp³-hybridized carbons (Fsp3) is 0.750. The minimum Gasteiger partial charge on any atom is -0.396 e. The van der Waals surface area contributed by atoms with Crippen LogP contribution in [0.25, 0.3) is 0 Å². The molecular formula is C12H22N4O3. The van der Waals surface area contributed by atoms with E-state index in [1.165, 1.54) is 0 Å². The van der Waals surface area contributed by atoms with Gasteiger partial charge in [0.15, 0.2) is 0 Å². The third kappa shape index (κ3) is 4.20. The molecule has 2 N–H and O–H groups in total. The van der Waals surface area contributed by atoms with E-state index in [-0.39, 0.29) is 17.2 Å². The van der Waals surface area contributed by atoms with Crippen LogP contribution in [0.3, 0.4) is 0 Å². The second-order valence-corrected chi connectivity index (χ2v) is 4.47. The smallest absolute Gasteiger partial charge is 0.333 e. The fourth-order valence-corrected chi connectivity index (χ4v) is 1.96. The van der Waals surface area contributed by atoms with Crippen molar-refractivity contribution in [1.82, 2.24) is 9.78 Å². The Hall–Kier alpha value is -1.63. The van der Waals surface area contributed by atoms with Gasteiger partial charge in [-0.3, -0.25) is 10.1 Å². The molecule has 0 amide bonds. The molecule has 0 spiro atoms. The zero-order valence-corrected chi connectivity index (χ0v) is 11.6. The largest absolute Gasteiger partial charge is 0.396 e. The van der Waals surface area contributed by atoms with Crippen LogP contribution in [0.15, 0.2) is 0 Å². The summed E-state index contributed by atoms with van der Waals surface area (Å²) < 4.78 is 1.67. The van der Waals surface area contributed by atoms with Crippen molar-refractivity contribution < 1.29 is 10.0 Å². The molecule has 0 aliphatic carbocycles. The summed E-state index contributed by atoms with van der Waals surface area (Å²) in [6, 6.07) is 0. The number of anilines is 1. The van der Waals surface area contributed by atoms with Crippen molar-refractivity contribution in [3.05, 3.63) is 15.8 Å². The summed E-state index contributed by atoms with van der Waals surface area (Å²) in [5, 5.41) is 27.1. The van der Waals surface area contributed by atoms with Crippen LogP contribution in [0.2, 0.25) is 0 Å². The van der Waals surface area contributed by atoms with Crippen molar-refractivity contribution in [3.8, 4) is 0 Å². The number of aryl methyl sites for hydroxylation is 2. The highest BCUT2D eigenvalue weighted by atomic mass is 16.6. The first kappa shape index (κ1) is 15.4. The maximum absolute atomic E-state index is 11.1. The highest BCUT2D eigenvalue weighted by molar-refractivity contribution is 5.59. The number of aliphatic hydroxyl groups excluding tert-OH is 1. The summed E-state index contributed by atoms with van der Waals surface area (Å²) in [5.74, 6) is 0.494. The van der Waals surface area contributed by atoms with Gasteiger partial charge >= 0.3 is 5.69 Å². The lowest BCUT2D eigenvalue weighted by atomic mass is 10.2. The zero-order chi connectivity index (χ0) is 14.3. The number of aliphatic hydroxyl groups is 1. The maximum atomic E-state index is 11.1. The normalized spacial score (nSPS) is 10.7. The van der Waals surface area contributed by atoms with Gasteiger partial charge in [0, 0.05) is 19.7 Å². The van der Waals surface area contributed by atoms with E-state index in [1.807, 2.05) is 6.92 Å². The number of nitrogens with one attached hydrogen (secondary N) is 1. The lowest BCUT2D eigenvalue weighted by molar-refractivity contribution is -0.384. The number of nitro groups is 1. The standard InChI is InChI=1S/C12H22N4O3/c1-3-8-15-12(13-7-5-4-6-9-17)11(16(18)19)10(2)14-15/h13,17H,3-9H2,1-2H3. The topological polar surface area (TPSA) is 93.2 Å². The van der Waals surface area contributed by atoms with Gasteiger partial charge in [0.25, 0.3) is 0 Å². The molecule has 19 heavy (non-hydrogen) atoms. The molecule has 0 unspecified atom stereocenters. The molecule has 1 heterocycles.